The Morgan fingerprint density at radius 1 is 1.04 bits per heavy atom. The first-order valence-electron chi connectivity index (χ1n) is 9.32. The molecular formula is C20H21BrN6. The van der Waals surface area contributed by atoms with E-state index in [1.165, 1.54) is 5.69 Å². The highest BCUT2D eigenvalue weighted by molar-refractivity contribution is 9.10. The smallest absolute Gasteiger partial charge is 0.159 e. The first-order chi connectivity index (χ1) is 13.2. The Morgan fingerprint density at radius 2 is 1.89 bits per heavy atom. The zero-order valence-corrected chi connectivity index (χ0v) is 16.8. The van der Waals surface area contributed by atoms with Crippen LogP contribution < -0.4 is 4.90 Å². The average Bonchev–Trinajstić information content (AvgIpc) is 3.30. The quantitative estimate of drug-likeness (QED) is 0.521. The second-order valence-electron chi connectivity index (χ2n) is 6.97. The number of nitrogens with zero attached hydrogens (tertiary/aromatic N) is 4. The molecule has 0 spiro atoms. The van der Waals surface area contributed by atoms with E-state index in [1.54, 1.807) is 0 Å². The highest BCUT2D eigenvalue weighted by atomic mass is 79.9. The Labute approximate surface area is 165 Å². The molecule has 0 saturated carbocycles. The van der Waals surface area contributed by atoms with Crippen molar-refractivity contribution in [3.63, 3.8) is 0 Å². The third kappa shape index (κ3) is 3.00. The summed E-state index contributed by atoms with van der Waals surface area (Å²) >= 11 is 3.54. The maximum Gasteiger partial charge on any atom is 0.159 e. The summed E-state index contributed by atoms with van der Waals surface area (Å²) in [6.45, 7) is 7.74. The molecule has 1 saturated heterocycles. The molecule has 0 amide bonds. The van der Waals surface area contributed by atoms with E-state index in [2.05, 4.69) is 72.1 Å². The lowest BCUT2D eigenvalue weighted by Gasteiger charge is -2.35. The molecule has 1 aliphatic rings. The lowest BCUT2D eigenvalue weighted by Crippen LogP contribution is -2.46. The number of rotatable bonds is 3. The minimum Gasteiger partial charge on any atom is -0.369 e. The van der Waals surface area contributed by atoms with Gasteiger partial charge in [-0.1, -0.05) is 22.9 Å². The van der Waals surface area contributed by atoms with E-state index in [-0.39, 0.29) is 0 Å². The summed E-state index contributed by atoms with van der Waals surface area (Å²) in [5, 5.41) is 8.62. The third-order valence-corrected chi connectivity index (χ3v) is 5.89. The molecule has 2 aromatic heterocycles. The largest absolute Gasteiger partial charge is 0.369 e. The molecule has 0 bridgehead atoms. The number of anilines is 1. The maximum absolute atomic E-state index is 4.77. The number of nitrogens with one attached hydrogen (secondary N) is 2. The molecule has 4 aromatic rings. The van der Waals surface area contributed by atoms with Crippen molar-refractivity contribution >= 4 is 43.6 Å². The van der Waals surface area contributed by atoms with Crippen LogP contribution in [0.3, 0.4) is 0 Å². The number of H-pyrrole nitrogens is 2. The standard InChI is InChI=1S/C20H21BrN6/c1-2-26-7-9-27(10-8-26)14-4-6-17-18(12-14)23-20(22-17)19-15-11-13(21)3-5-16(15)24-25-19/h3-6,11-12H,2,7-10H2,1H3,(H,22,23)(H,24,25). The van der Waals surface area contributed by atoms with Crippen LogP contribution in [0.4, 0.5) is 5.69 Å². The summed E-state index contributed by atoms with van der Waals surface area (Å²) in [5.74, 6) is 0.794. The van der Waals surface area contributed by atoms with Crippen molar-refractivity contribution in [3.05, 3.63) is 40.9 Å². The van der Waals surface area contributed by atoms with Gasteiger partial charge >= 0.3 is 0 Å². The Hall–Kier alpha value is -2.38. The lowest BCUT2D eigenvalue weighted by atomic mass is 10.2. The topological polar surface area (TPSA) is 63.8 Å². The van der Waals surface area contributed by atoms with Gasteiger partial charge in [0.05, 0.1) is 16.6 Å². The van der Waals surface area contributed by atoms with Crippen molar-refractivity contribution in [2.75, 3.05) is 37.6 Å². The highest BCUT2D eigenvalue weighted by Crippen LogP contribution is 2.29. The fourth-order valence-corrected chi connectivity index (χ4v) is 4.16. The van der Waals surface area contributed by atoms with E-state index < -0.39 is 0 Å². The zero-order valence-electron chi connectivity index (χ0n) is 15.2. The van der Waals surface area contributed by atoms with Crippen molar-refractivity contribution < 1.29 is 0 Å². The van der Waals surface area contributed by atoms with Crippen LogP contribution in [0.2, 0.25) is 0 Å². The van der Waals surface area contributed by atoms with Crippen LogP contribution in [-0.2, 0) is 0 Å². The molecule has 27 heavy (non-hydrogen) atoms. The molecule has 1 aliphatic heterocycles. The van der Waals surface area contributed by atoms with Crippen LogP contribution in [0.1, 0.15) is 6.92 Å². The molecule has 5 rings (SSSR count). The molecule has 1 fully saturated rings. The van der Waals surface area contributed by atoms with Gasteiger partial charge in [-0.25, -0.2) is 4.98 Å². The maximum atomic E-state index is 4.77. The van der Waals surface area contributed by atoms with Crippen molar-refractivity contribution in [2.45, 2.75) is 6.92 Å². The Morgan fingerprint density at radius 3 is 2.70 bits per heavy atom. The first kappa shape index (κ1) is 16.8. The lowest BCUT2D eigenvalue weighted by molar-refractivity contribution is 0.271. The van der Waals surface area contributed by atoms with E-state index in [4.69, 9.17) is 4.98 Å². The van der Waals surface area contributed by atoms with Gasteiger partial charge in [0, 0.05) is 41.7 Å². The van der Waals surface area contributed by atoms with E-state index in [1.807, 2.05) is 12.1 Å². The summed E-state index contributed by atoms with van der Waals surface area (Å²) in [6.07, 6.45) is 0. The van der Waals surface area contributed by atoms with Crippen molar-refractivity contribution in [1.29, 1.82) is 0 Å². The number of fused-ring (bicyclic) bond motifs is 2. The van der Waals surface area contributed by atoms with Crippen molar-refractivity contribution in [3.8, 4) is 11.5 Å². The molecule has 0 unspecified atom stereocenters. The molecule has 2 aromatic carbocycles. The number of hydrogen-bond acceptors (Lipinski definition) is 4. The van der Waals surface area contributed by atoms with Gasteiger partial charge in [0.25, 0.3) is 0 Å². The van der Waals surface area contributed by atoms with Gasteiger partial charge in [-0.05, 0) is 42.9 Å². The number of aromatic amines is 2. The molecule has 138 valence electrons. The summed E-state index contributed by atoms with van der Waals surface area (Å²) in [7, 11) is 0. The normalized spacial score (nSPS) is 15.9. The SMILES string of the molecule is CCN1CCN(c2ccc3nc(-c4n[nH]c5ccc(Br)cc45)[nH]c3c2)CC1. The van der Waals surface area contributed by atoms with E-state index in [9.17, 15) is 0 Å². The van der Waals surface area contributed by atoms with Gasteiger partial charge in [-0.2, -0.15) is 5.10 Å². The zero-order chi connectivity index (χ0) is 18.4. The molecule has 0 radical (unpaired) electrons. The monoisotopic (exact) mass is 424 g/mol. The number of piperazine rings is 1. The predicted octanol–water partition coefficient (Wildman–Crippen LogP) is 4.01. The highest BCUT2D eigenvalue weighted by Gasteiger charge is 2.17. The first-order valence-corrected chi connectivity index (χ1v) is 10.1. The number of likely N-dealkylation sites (N-methyl/N-ethyl adjacent to an activating group) is 1. The van der Waals surface area contributed by atoms with Crippen molar-refractivity contribution in [1.82, 2.24) is 25.1 Å². The second-order valence-corrected chi connectivity index (χ2v) is 7.89. The van der Waals surface area contributed by atoms with Gasteiger partial charge in [-0.15, -0.1) is 0 Å². The summed E-state index contributed by atoms with van der Waals surface area (Å²) in [6, 6.07) is 12.6. The number of imidazole rings is 1. The summed E-state index contributed by atoms with van der Waals surface area (Å²) in [4.78, 5) is 13.2. The molecule has 3 heterocycles. The molecule has 0 atom stereocenters. The van der Waals surface area contributed by atoms with Gasteiger partial charge < -0.3 is 14.8 Å². The third-order valence-electron chi connectivity index (χ3n) is 5.40. The van der Waals surface area contributed by atoms with E-state index >= 15 is 0 Å². The Balaban J connectivity index is 1.49. The average molecular weight is 425 g/mol. The Kier molecular flexibility index (Phi) is 4.13. The number of hydrogen-bond donors (Lipinski definition) is 2. The molecule has 2 N–H and O–H groups in total. The van der Waals surface area contributed by atoms with Crippen LogP contribution in [0.5, 0.6) is 0 Å². The molecule has 0 aliphatic carbocycles. The fourth-order valence-electron chi connectivity index (χ4n) is 3.80. The molecule has 6 nitrogen and oxygen atoms in total. The van der Waals surface area contributed by atoms with Crippen LogP contribution in [0.25, 0.3) is 33.5 Å². The fraction of sp³-hybridized carbons (Fsp3) is 0.300. The number of halogens is 1. The van der Waals surface area contributed by atoms with Gasteiger partial charge in [0.2, 0.25) is 0 Å². The second kappa shape index (κ2) is 6.65. The van der Waals surface area contributed by atoms with Crippen LogP contribution >= 0.6 is 15.9 Å². The van der Waals surface area contributed by atoms with E-state index in [0.29, 0.717) is 0 Å². The van der Waals surface area contributed by atoms with E-state index in [0.717, 1.165) is 70.7 Å². The minimum atomic E-state index is 0.794. The Bertz CT molecular complexity index is 1110. The van der Waals surface area contributed by atoms with Crippen LogP contribution in [0.15, 0.2) is 40.9 Å². The van der Waals surface area contributed by atoms with Crippen LogP contribution in [-0.4, -0.2) is 57.8 Å². The van der Waals surface area contributed by atoms with Gasteiger partial charge in [0.1, 0.15) is 5.69 Å². The molecular weight excluding hydrogens is 404 g/mol. The number of aromatic nitrogens is 4. The minimum absolute atomic E-state index is 0.794. The number of benzene rings is 2. The molecule has 7 heteroatoms. The predicted molar refractivity (Wildman–Crippen MR) is 113 cm³/mol. The van der Waals surface area contributed by atoms with Gasteiger partial charge in [0.15, 0.2) is 5.82 Å². The van der Waals surface area contributed by atoms with Crippen LogP contribution in [0, 0.1) is 0 Å². The van der Waals surface area contributed by atoms with Crippen molar-refractivity contribution in [2.24, 2.45) is 0 Å². The van der Waals surface area contributed by atoms with Gasteiger partial charge in [-0.3, -0.25) is 5.10 Å². The summed E-state index contributed by atoms with van der Waals surface area (Å²) < 4.78 is 1.03. The summed E-state index contributed by atoms with van der Waals surface area (Å²) in [5.41, 5.74) is 5.12.